The van der Waals surface area contributed by atoms with Crippen molar-refractivity contribution in [2.45, 2.75) is 19.4 Å². The molecule has 1 aromatic carbocycles. The number of rotatable bonds is 6. The summed E-state index contributed by atoms with van der Waals surface area (Å²) in [4.78, 5) is 14.4. The molecular formula is C17H27N3O4S. The first-order valence-corrected chi connectivity index (χ1v) is 9.71. The summed E-state index contributed by atoms with van der Waals surface area (Å²) in [6.45, 7) is 1.22. The SMILES string of the molecule is COc1ccccc1CN(C)C(=O)C1CCN(S(=O)(=O)N(C)C)CC1. The van der Waals surface area contributed by atoms with Crippen LogP contribution in [-0.2, 0) is 21.5 Å². The van der Waals surface area contributed by atoms with Gasteiger partial charge < -0.3 is 9.64 Å². The van der Waals surface area contributed by atoms with Crippen molar-refractivity contribution in [1.29, 1.82) is 0 Å². The van der Waals surface area contributed by atoms with Gasteiger partial charge in [-0.1, -0.05) is 18.2 Å². The van der Waals surface area contributed by atoms with E-state index in [0.29, 0.717) is 32.5 Å². The zero-order valence-electron chi connectivity index (χ0n) is 15.3. The maximum atomic E-state index is 12.7. The number of methoxy groups -OCH3 is 1. The van der Waals surface area contributed by atoms with Crippen molar-refractivity contribution < 1.29 is 17.9 Å². The Bertz CT molecular complexity index is 698. The number of carbonyl (C=O) groups is 1. The van der Waals surface area contributed by atoms with E-state index in [1.165, 1.54) is 22.7 Å². The van der Waals surface area contributed by atoms with Gasteiger partial charge in [0.25, 0.3) is 10.2 Å². The Morgan fingerprint density at radius 1 is 1.20 bits per heavy atom. The second kappa shape index (κ2) is 8.16. The highest BCUT2D eigenvalue weighted by atomic mass is 32.2. The Hall–Kier alpha value is -1.64. The summed E-state index contributed by atoms with van der Waals surface area (Å²) in [6, 6.07) is 7.62. The van der Waals surface area contributed by atoms with E-state index in [1.807, 2.05) is 24.3 Å². The van der Waals surface area contributed by atoms with Gasteiger partial charge >= 0.3 is 0 Å². The van der Waals surface area contributed by atoms with Crippen LogP contribution in [0.25, 0.3) is 0 Å². The van der Waals surface area contributed by atoms with Gasteiger partial charge in [-0.25, -0.2) is 0 Å². The summed E-state index contributed by atoms with van der Waals surface area (Å²) < 4.78 is 32.3. The van der Waals surface area contributed by atoms with Crippen LogP contribution in [0.2, 0.25) is 0 Å². The molecule has 1 aromatic rings. The monoisotopic (exact) mass is 369 g/mol. The molecule has 1 aliphatic heterocycles. The van der Waals surface area contributed by atoms with Crippen molar-refractivity contribution in [3.8, 4) is 5.75 Å². The molecule has 0 spiro atoms. The van der Waals surface area contributed by atoms with Gasteiger partial charge in [0.2, 0.25) is 5.91 Å². The molecule has 1 heterocycles. The molecule has 0 atom stereocenters. The van der Waals surface area contributed by atoms with Crippen LogP contribution in [0.4, 0.5) is 0 Å². The van der Waals surface area contributed by atoms with Crippen molar-refractivity contribution in [3.63, 3.8) is 0 Å². The van der Waals surface area contributed by atoms with E-state index in [1.54, 1.807) is 19.1 Å². The lowest BCUT2D eigenvalue weighted by atomic mass is 9.96. The predicted octanol–water partition coefficient (Wildman–Crippen LogP) is 1.17. The summed E-state index contributed by atoms with van der Waals surface area (Å²) in [5.41, 5.74) is 0.952. The van der Waals surface area contributed by atoms with Crippen LogP contribution in [0.3, 0.4) is 0 Å². The van der Waals surface area contributed by atoms with Crippen LogP contribution in [-0.4, -0.2) is 69.2 Å². The van der Waals surface area contributed by atoms with Gasteiger partial charge in [-0.2, -0.15) is 17.0 Å². The molecule has 1 saturated heterocycles. The predicted molar refractivity (Wildman–Crippen MR) is 96.4 cm³/mol. The molecule has 0 saturated carbocycles. The molecule has 0 bridgehead atoms. The third-order valence-corrected chi connectivity index (χ3v) is 6.51. The van der Waals surface area contributed by atoms with Crippen molar-refractivity contribution in [2.24, 2.45) is 5.92 Å². The minimum atomic E-state index is -3.40. The average molecular weight is 369 g/mol. The van der Waals surface area contributed by atoms with E-state index in [4.69, 9.17) is 4.74 Å². The molecule has 2 rings (SSSR count). The van der Waals surface area contributed by atoms with Crippen molar-refractivity contribution in [1.82, 2.24) is 13.5 Å². The van der Waals surface area contributed by atoms with Crippen LogP contribution in [0.15, 0.2) is 24.3 Å². The molecule has 25 heavy (non-hydrogen) atoms. The molecular weight excluding hydrogens is 342 g/mol. The zero-order chi connectivity index (χ0) is 18.6. The number of carbonyl (C=O) groups excluding carboxylic acids is 1. The number of hydrogen-bond acceptors (Lipinski definition) is 4. The normalized spacial score (nSPS) is 16.8. The number of amides is 1. The lowest BCUT2D eigenvalue weighted by molar-refractivity contribution is -0.135. The van der Waals surface area contributed by atoms with Crippen LogP contribution in [0.5, 0.6) is 5.75 Å². The summed E-state index contributed by atoms with van der Waals surface area (Å²) >= 11 is 0. The summed E-state index contributed by atoms with van der Waals surface area (Å²) in [7, 11) is 3.03. The molecule has 1 fully saturated rings. The number of hydrogen-bond donors (Lipinski definition) is 0. The lowest BCUT2D eigenvalue weighted by Gasteiger charge is -2.33. The topological polar surface area (TPSA) is 70.2 Å². The van der Waals surface area contributed by atoms with E-state index in [9.17, 15) is 13.2 Å². The zero-order valence-corrected chi connectivity index (χ0v) is 16.1. The molecule has 1 amide bonds. The van der Waals surface area contributed by atoms with E-state index in [-0.39, 0.29) is 11.8 Å². The maximum absolute atomic E-state index is 12.7. The molecule has 0 radical (unpaired) electrons. The number of piperidine rings is 1. The first-order valence-electron chi connectivity index (χ1n) is 8.31. The Labute approximate surface area is 150 Å². The number of benzene rings is 1. The summed E-state index contributed by atoms with van der Waals surface area (Å²) in [6.07, 6.45) is 1.09. The van der Waals surface area contributed by atoms with Gasteiger partial charge in [-0.15, -0.1) is 0 Å². The van der Waals surface area contributed by atoms with Crippen molar-refractivity contribution in [3.05, 3.63) is 29.8 Å². The fourth-order valence-electron chi connectivity index (χ4n) is 3.04. The summed E-state index contributed by atoms with van der Waals surface area (Å²) in [5.74, 6) is 0.662. The highest BCUT2D eigenvalue weighted by Crippen LogP contribution is 2.24. The van der Waals surface area contributed by atoms with E-state index in [2.05, 4.69) is 0 Å². The highest BCUT2D eigenvalue weighted by molar-refractivity contribution is 7.86. The fraction of sp³-hybridized carbons (Fsp3) is 0.588. The number of ether oxygens (including phenoxy) is 1. The van der Waals surface area contributed by atoms with Gasteiger partial charge in [-0.3, -0.25) is 4.79 Å². The lowest BCUT2D eigenvalue weighted by Crippen LogP contribution is -2.47. The molecule has 140 valence electrons. The largest absolute Gasteiger partial charge is 0.496 e. The maximum Gasteiger partial charge on any atom is 0.281 e. The van der Waals surface area contributed by atoms with E-state index < -0.39 is 10.2 Å². The van der Waals surface area contributed by atoms with Gasteiger partial charge in [0.05, 0.1) is 7.11 Å². The number of nitrogens with zero attached hydrogens (tertiary/aromatic N) is 3. The quantitative estimate of drug-likeness (QED) is 0.755. The third-order valence-electron chi connectivity index (χ3n) is 4.57. The van der Waals surface area contributed by atoms with Gasteiger partial charge in [-0.05, 0) is 18.9 Å². The molecule has 8 heteroatoms. The molecule has 0 aliphatic carbocycles. The second-order valence-corrected chi connectivity index (χ2v) is 8.61. The minimum absolute atomic E-state index is 0.0489. The Morgan fingerprint density at radius 2 is 1.80 bits per heavy atom. The van der Waals surface area contributed by atoms with Gasteiger partial charge in [0.1, 0.15) is 5.75 Å². The minimum Gasteiger partial charge on any atom is -0.496 e. The van der Waals surface area contributed by atoms with E-state index >= 15 is 0 Å². The first-order chi connectivity index (χ1) is 11.8. The van der Waals surface area contributed by atoms with Crippen molar-refractivity contribution >= 4 is 16.1 Å². The third kappa shape index (κ3) is 4.50. The van der Waals surface area contributed by atoms with Crippen LogP contribution >= 0.6 is 0 Å². The van der Waals surface area contributed by atoms with Crippen LogP contribution in [0.1, 0.15) is 18.4 Å². The van der Waals surface area contributed by atoms with Gasteiger partial charge in [0, 0.05) is 52.3 Å². The number of para-hydroxylation sites is 1. The molecule has 0 unspecified atom stereocenters. The molecule has 1 aliphatic rings. The molecule has 0 N–H and O–H groups in total. The first kappa shape index (κ1) is 19.7. The Balaban J connectivity index is 1.96. The van der Waals surface area contributed by atoms with Gasteiger partial charge in [0.15, 0.2) is 0 Å². The van der Waals surface area contributed by atoms with Crippen molar-refractivity contribution in [2.75, 3.05) is 41.3 Å². The Morgan fingerprint density at radius 3 is 2.36 bits per heavy atom. The Kier molecular flexibility index (Phi) is 6.42. The van der Waals surface area contributed by atoms with E-state index in [0.717, 1.165) is 11.3 Å². The standard InChI is InChI=1S/C17H27N3O4S/c1-18(2)25(22,23)20-11-9-14(10-12-20)17(21)19(3)13-15-7-5-6-8-16(15)24-4/h5-8,14H,9-13H2,1-4H3. The molecule has 7 nitrogen and oxygen atoms in total. The summed E-state index contributed by atoms with van der Waals surface area (Å²) in [5, 5.41) is 0. The molecule has 0 aromatic heterocycles. The second-order valence-electron chi connectivity index (χ2n) is 6.47. The average Bonchev–Trinajstić information content (AvgIpc) is 2.61. The highest BCUT2D eigenvalue weighted by Gasteiger charge is 2.33. The smallest absolute Gasteiger partial charge is 0.281 e. The fourth-order valence-corrected chi connectivity index (χ4v) is 4.18. The van der Waals surface area contributed by atoms with Crippen LogP contribution < -0.4 is 4.74 Å². The van der Waals surface area contributed by atoms with Crippen LogP contribution in [0, 0.1) is 5.92 Å².